The van der Waals surface area contributed by atoms with Crippen LogP contribution < -0.4 is 5.32 Å². The number of rotatable bonds is 3. The first kappa shape index (κ1) is 13.3. The van der Waals surface area contributed by atoms with Gasteiger partial charge in [-0.1, -0.05) is 30.3 Å². The predicted octanol–water partition coefficient (Wildman–Crippen LogP) is 4.12. The summed E-state index contributed by atoms with van der Waals surface area (Å²) in [4.78, 5) is 0. The first-order valence-corrected chi connectivity index (χ1v) is 7.22. The summed E-state index contributed by atoms with van der Waals surface area (Å²) in [6.07, 6.45) is 2.29. The molecule has 0 aliphatic heterocycles. The van der Waals surface area contributed by atoms with Crippen LogP contribution in [0.15, 0.2) is 42.5 Å². The van der Waals surface area contributed by atoms with Crippen molar-refractivity contribution in [1.29, 1.82) is 0 Å². The van der Waals surface area contributed by atoms with Gasteiger partial charge in [-0.3, -0.25) is 0 Å². The van der Waals surface area contributed by atoms with Crippen molar-refractivity contribution in [3.05, 3.63) is 70.5 Å². The minimum atomic E-state index is -0.159. The molecule has 2 unspecified atom stereocenters. The topological polar surface area (TPSA) is 12.0 Å². The summed E-state index contributed by atoms with van der Waals surface area (Å²) in [5, 5.41) is 3.44. The highest BCUT2D eigenvalue weighted by Gasteiger charge is 2.30. The predicted molar refractivity (Wildman–Crippen MR) is 80.4 cm³/mol. The summed E-state index contributed by atoms with van der Waals surface area (Å²) in [6, 6.07) is 14.0. The molecular formula is C18H20FN. The van der Waals surface area contributed by atoms with E-state index >= 15 is 0 Å². The molecule has 0 heterocycles. The van der Waals surface area contributed by atoms with E-state index in [1.54, 1.807) is 12.1 Å². The monoisotopic (exact) mass is 269 g/mol. The third-order valence-electron chi connectivity index (χ3n) is 4.46. The number of hydrogen-bond donors (Lipinski definition) is 1. The van der Waals surface area contributed by atoms with E-state index in [0.717, 1.165) is 18.4 Å². The van der Waals surface area contributed by atoms with E-state index in [9.17, 15) is 4.39 Å². The molecule has 0 saturated heterocycles. The Balaban J connectivity index is 1.99. The van der Waals surface area contributed by atoms with Crippen molar-refractivity contribution in [2.45, 2.75) is 31.7 Å². The van der Waals surface area contributed by atoms with Crippen LogP contribution in [0.2, 0.25) is 0 Å². The summed E-state index contributed by atoms with van der Waals surface area (Å²) in [5.74, 6) is 0.313. The quantitative estimate of drug-likeness (QED) is 0.883. The van der Waals surface area contributed by atoms with E-state index in [0.29, 0.717) is 5.92 Å². The zero-order chi connectivity index (χ0) is 14.1. The number of nitrogens with one attached hydrogen (secondary N) is 1. The third-order valence-corrected chi connectivity index (χ3v) is 4.46. The van der Waals surface area contributed by atoms with E-state index in [4.69, 9.17) is 0 Å². The number of aryl methyl sites for hydroxylation is 2. The average Bonchev–Trinajstić information content (AvgIpc) is 2.86. The molecule has 0 radical (unpaired) electrons. The van der Waals surface area contributed by atoms with Crippen LogP contribution in [0, 0.1) is 12.7 Å². The summed E-state index contributed by atoms with van der Waals surface area (Å²) in [7, 11) is 1.99. The second kappa shape index (κ2) is 5.37. The second-order valence-corrected chi connectivity index (χ2v) is 5.61. The van der Waals surface area contributed by atoms with Crippen LogP contribution >= 0.6 is 0 Å². The lowest BCUT2D eigenvalue weighted by molar-refractivity contribution is 0.474. The van der Waals surface area contributed by atoms with Crippen molar-refractivity contribution >= 4 is 0 Å². The highest BCUT2D eigenvalue weighted by atomic mass is 19.1. The molecule has 1 nitrogen and oxygen atoms in total. The maximum atomic E-state index is 13.3. The number of likely N-dealkylation sites (N-methyl/N-ethyl adjacent to an activating group) is 1. The summed E-state index contributed by atoms with van der Waals surface area (Å²) < 4.78 is 13.3. The number of halogens is 1. The fraction of sp³-hybridized carbons (Fsp3) is 0.333. The average molecular weight is 269 g/mol. The van der Waals surface area contributed by atoms with Gasteiger partial charge < -0.3 is 5.32 Å². The SMILES string of the molecule is CNC(c1ccc(F)cc1C)C1CCc2ccccc21. The molecule has 2 aromatic rings. The van der Waals surface area contributed by atoms with Crippen LogP contribution in [-0.2, 0) is 6.42 Å². The molecule has 0 spiro atoms. The lowest BCUT2D eigenvalue weighted by atomic mass is 9.86. The largest absolute Gasteiger partial charge is 0.312 e. The van der Waals surface area contributed by atoms with Crippen LogP contribution in [0.25, 0.3) is 0 Å². The summed E-state index contributed by atoms with van der Waals surface area (Å²) in [5.41, 5.74) is 5.12. The molecule has 1 N–H and O–H groups in total. The molecule has 0 bridgehead atoms. The molecule has 0 aromatic heterocycles. The maximum Gasteiger partial charge on any atom is 0.123 e. The Morgan fingerprint density at radius 2 is 2.00 bits per heavy atom. The van der Waals surface area contributed by atoms with E-state index in [1.165, 1.54) is 16.7 Å². The van der Waals surface area contributed by atoms with Crippen LogP contribution in [0.5, 0.6) is 0 Å². The maximum absolute atomic E-state index is 13.3. The molecule has 104 valence electrons. The molecule has 20 heavy (non-hydrogen) atoms. The standard InChI is InChI=1S/C18H20FN/c1-12-11-14(19)8-10-15(12)18(20-2)17-9-7-13-5-3-4-6-16(13)17/h3-6,8,10-11,17-18,20H,7,9H2,1-2H3. The van der Waals surface area contributed by atoms with Gasteiger partial charge in [0.15, 0.2) is 0 Å². The highest BCUT2D eigenvalue weighted by molar-refractivity contribution is 5.40. The van der Waals surface area contributed by atoms with Gasteiger partial charge in [-0.2, -0.15) is 0 Å². The normalized spacial score (nSPS) is 18.9. The highest BCUT2D eigenvalue weighted by Crippen LogP contribution is 2.42. The van der Waals surface area contributed by atoms with Gasteiger partial charge in [-0.25, -0.2) is 4.39 Å². The van der Waals surface area contributed by atoms with Gasteiger partial charge in [0.25, 0.3) is 0 Å². The van der Waals surface area contributed by atoms with Crippen molar-refractivity contribution in [2.75, 3.05) is 7.05 Å². The Bertz CT molecular complexity index is 621. The zero-order valence-electron chi connectivity index (χ0n) is 12.0. The van der Waals surface area contributed by atoms with Crippen molar-refractivity contribution in [1.82, 2.24) is 5.32 Å². The molecule has 1 aliphatic carbocycles. The molecular weight excluding hydrogens is 249 g/mol. The molecule has 3 rings (SSSR count). The fourth-order valence-electron chi connectivity index (χ4n) is 3.50. The van der Waals surface area contributed by atoms with Gasteiger partial charge in [0.1, 0.15) is 5.82 Å². The number of hydrogen-bond acceptors (Lipinski definition) is 1. The Hall–Kier alpha value is -1.67. The van der Waals surface area contributed by atoms with E-state index in [-0.39, 0.29) is 11.9 Å². The lowest BCUT2D eigenvalue weighted by Crippen LogP contribution is -2.23. The third kappa shape index (κ3) is 2.25. The van der Waals surface area contributed by atoms with Gasteiger partial charge in [0.05, 0.1) is 0 Å². The van der Waals surface area contributed by atoms with E-state index < -0.39 is 0 Å². The zero-order valence-corrected chi connectivity index (χ0v) is 12.0. The van der Waals surface area contributed by atoms with Crippen LogP contribution in [-0.4, -0.2) is 7.05 Å². The van der Waals surface area contributed by atoms with Gasteiger partial charge in [0, 0.05) is 12.0 Å². The van der Waals surface area contributed by atoms with Crippen molar-refractivity contribution in [3.63, 3.8) is 0 Å². The first-order chi connectivity index (χ1) is 9.70. The number of fused-ring (bicyclic) bond motifs is 1. The molecule has 0 amide bonds. The van der Waals surface area contributed by atoms with Crippen molar-refractivity contribution < 1.29 is 4.39 Å². The number of benzene rings is 2. The van der Waals surface area contributed by atoms with Crippen molar-refractivity contribution in [2.24, 2.45) is 0 Å². The van der Waals surface area contributed by atoms with Gasteiger partial charge in [-0.15, -0.1) is 0 Å². The molecule has 1 aliphatic rings. The molecule has 2 atom stereocenters. The van der Waals surface area contributed by atoms with Crippen LogP contribution in [0.3, 0.4) is 0 Å². The van der Waals surface area contributed by atoms with Gasteiger partial charge in [0.2, 0.25) is 0 Å². The summed E-state index contributed by atoms with van der Waals surface area (Å²) in [6.45, 7) is 1.99. The van der Waals surface area contributed by atoms with E-state index in [1.807, 2.05) is 20.0 Å². The van der Waals surface area contributed by atoms with Gasteiger partial charge in [-0.05, 0) is 61.2 Å². The van der Waals surface area contributed by atoms with Crippen LogP contribution in [0.1, 0.15) is 40.6 Å². The molecule has 0 fully saturated rings. The summed E-state index contributed by atoms with van der Waals surface area (Å²) >= 11 is 0. The Labute approximate surface area is 119 Å². The lowest BCUT2D eigenvalue weighted by Gasteiger charge is -2.26. The molecule has 2 aromatic carbocycles. The van der Waals surface area contributed by atoms with Crippen LogP contribution in [0.4, 0.5) is 4.39 Å². The Morgan fingerprint density at radius 1 is 1.20 bits per heavy atom. The van der Waals surface area contributed by atoms with Crippen molar-refractivity contribution in [3.8, 4) is 0 Å². The first-order valence-electron chi connectivity index (χ1n) is 7.22. The van der Waals surface area contributed by atoms with Gasteiger partial charge >= 0.3 is 0 Å². The minimum Gasteiger partial charge on any atom is -0.312 e. The Morgan fingerprint density at radius 3 is 2.75 bits per heavy atom. The molecule has 2 heteroatoms. The Kier molecular flexibility index (Phi) is 3.58. The second-order valence-electron chi connectivity index (χ2n) is 5.61. The molecule has 0 saturated carbocycles. The van der Waals surface area contributed by atoms with E-state index in [2.05, 4.69) is 29.6 Å². The fourth-order valence-corrected chi connectivity index (χ4v) is 3.50. The minimum absolute atomic E-state index is 0.159. The smallest absolute Gasteiger partial charge is 0.123 e.